The minimum Gasteiger partial charge on any atom is -0.335 e. The minimum atomic E-state index is -4.63. The number of amides is 2. The normalized spacial score (nSPS) is 14.9. The largest absolute Gasteiger partial charge is 0.417 e. The SMILES string of the molecule is O=C(c1ccc(=O)[nH]n1)N1CCN(C(=O)c2ccccc2C(F)(F)F)CC1. The molecule has 142 valence electrons. The molecule has 2 amide bonds. The molecule has 1 aromatic heterocycles. The number of piperazine rings is 1. The number of halogens is 3. The highest BCUT2D eigenvalue weighted by molar-refractivity contribution is 5.96. The average molecular weight is 380 g/mol. The van der Waals surface area contributed by atoms with Crippen LogP contribution in [0.15, 0.2) is 41.2 Å². The number of H-pyrrole nitrogens is 1. The number of aromatic nitrogens is 2. The van der Waals surface area contributed by atoms with Crippen LogP contribution in [0.2, 0.25) is 0 Å². The molecule has 27 heavy (non-hydrogen) atoms. The maximum atomic E-state index is 13.1. The third-order valence-electron chi connectivity index (χ3n) is 4.22. The van der Waals surface area contributed by atoms with E-state index in [0.717, 1.165) is 12.1 Å². The highest BCUT2D eigenvalue weighted by Gasteiger charge is 2.36. The van der Waals surface area contributed by atoms with Crippen molar-refractivity contribution < 1.29 is 22.8 Å². The van der Waals surface area contributed by atoms with Crippen LogP contribution in [0.4, 0.5) is 13.2 Å². The Balaban J connectivity index is 1.69. The predicted molar refractivity (Wildman–Crippen MR) is 88.1 cm³/mol. The third-order valence-corrected chi connectivity index (χ3v) is 4.22. The van der Waals surface area contributed by atoms with Crippen molar-refractivity contribution in [2.45, 2.75) is 6.18 Å². The summed E-state index contributed by atoms with van der Waals surface area (Å²) < 4.78 is 39.3. The van der Waals surface area contributed by atoms with Gasteiger partial charge in [-0.1, -0.05) is 12.1 Å². The molecule has 0 unspecified atom stereocenters. The molecular weight excluding hydrogens is 365 g/mol. The van der Waals surface area contributed by atoms with E-state index in [0.29, 0.717) is 0 Å². The lowest BCUT2D eigenvalue weighted by molar-refractivity contribution is -0.138. The van der Waals surface area contributed by atoms with E-state index in [1.165, 1.54) is 34.1 Å². The van der Waals surface area contributed by atoms with Gasteiger partial charge in [-0.05, 0) is 18.2 Å². The van der Waals surface area contributed by atoms with Gasteiger partial charge in [0.05, 0.1) is 11.1 Å². The summed E-state index contributed by atoms with van der Waals surface area (Å²) in [5.74, 6) is -1.15. The molecule has 2 aromatic rings. The molecule has 7 nitrogen and oxygen atoms in total. The van der Waals surface area contributed by atoms with Crippen molar-refractivity contribution in [3.05, 3.63) is 63.6 Å². The Kier molecular flexibility index (Phi) is 4.98. The first-order valence-corrected chi connectivity index (χ1v) is 8.08. The number of aromatic amines is 1. The summed E-state index contributed by atoms with van der Waals surface area (Å²) >= 11 is 0. The first-order chi connectivity index (χ1) is 12.8. The second kappa shape index (κ2) is 7.22. The summed E-state index contributed by atoms with van der Waals surface area (Å²) in [6, 6.07) is 7.09. The molecule has 1 saturated heterocycles. The van der Waals surface area contributed by atoms with Gasteiger partial charge >= 0.3 is 6.18 Å². The Morgan fingerprint density at radius 2 is 1.52 bits per heavy atom. The summed E-state index contributed by atoms with van der Waals surface area (Å²) in [4.78, 5) is 38.6. The fourth-order valence-electron chi connectivity index (χ4n) is 2.83. The van der Waals surface area contributed by atoms with Crippen molar-refractivity contribution in [2.24, 2.45) is 0 Å². The molecule has 2 heterocycles. The third kappa shape index (κ3) is 3.99. The second-order valence-corrected chi connectivity index (χ2v) is 5.93. The smallest absolute Gasteiger partial charge is 0.335 e. The van der Waals surface area contributed by atoms with Crippen molar-refractivity contribution in [3.63, 3.8) is 0 Å². The molecule has 0 bridgehead atoms. The van der Waals surface area contributed by atoms with Crippen molar-refractivity contribution >= 4 is 11.8 Å². The molecule has 0 saturated carbocycles. The van der Waals surface area contributed by atoms with Crippen LogP contribution in [0, 0.1) is 0 Å². The molecular formula is C17H15F3N4O3. The molecule has 0 atom stereocenters. The lowest BCUT2D eigenvalue weighted by Gasteiger charge is -2.35. The van der Waals surface area contributed by atoms with E-state index in [9.17, 15) is 27.6 Å². The summed E-state index contributed by atoms with van der Waals surface area (Å²) in [6.45, 7) is 0.499. The van der Waals surface area contributed by atoms with E-state index >= 15 is 0 Å². The zero-order chi connectivity index (χ0) is 19.6. The van der Waals surface area contributed by atoms with Gasteiger partial charge in [-0.2, -0.15) is 18.3 Å². The van der Waals surface area contributed by atoms with E-state index in [1.807, 2.05) is 0 Å². The molecule has 1 aromatic carbocycles. The van der Waals surface area contributed by atoms with E-state index in [-0.39, 0.29) is 31.9 Å². The van der Waals surface area contributed by atoms with Gasteiger partial charge in [0.1, 0.15) is 5.69 Å². The average Bonchev–Trinajstić information content (AvgIpc) is 2.67. The van der Waals surface area contributed by atoms with E-state index in [1.54, 1.807) is 0 Å². The van der Waals surface area contributed by atoms with Gasteiger partial charge in [0.15, 0.2) is 0 Å². The van der Waals surface area contributed by atoms with Crippen LogP contribution in [0.3, 0.4) is 0 Å². The van der Waals surface area contributed by atoms with Crippen LogP contribution in [0.25, 0.3) is 0 Å². The summed E-state index contributed by atoms with van der Waals surface area (Å²) in [6.07, 6.45) is -4.63. The van der Waals surface area contributed by atoms with Gasteiger partial charge in [-0.15, -0.1) is 0 Å². The number of rotatable bonds is 2. The van der Waals surface area contributed by atoms with Crippen molar-refractivity contribution in [1.82, 2.24) is 20.0 Å². The summed E-state index contributed by atoms with van der Waals surface area (Å²) in [7, 11) is 0. The van der Waals surface area contributed by atoms with E-state index < -0.39 is 34.7 Å². The number of nitrogens with one attached hydrogen (secondary N) is 1. The number of nitrogens with zero attached hydrogens (tertiary/aromatic N) is 3. The molecule has 1 aliphatic heterocycles. The van der Waals surface area contributed by atoms with Gasteiger partial charge < -0.3 is 9.80 Å². The van der Waals surface area contributed by atoms with Crippen LogP contribution in [0.5, 0.6) is 0 Å². The quantitative estimate of drug-likeness (QED) is 0.853. The molecule has 3 rings (SSSR count). The Morgan fingerprint density at radius 3 is 2.07 bits per heavy atom. The van der Waals surface area contributed by atoms with Gasteiger partial charge in [0.25, 0.3) is 17.4 Å². The molecule has 1 aliphatic rings. The molecule has 0 spiro atoms. The Morgan fingerprint density at radius 1 is 0.926 bits per heavy atom. The number of carbonyl (C=O) groups excluding carboxylic acids is 2. The fourth-order valence-corrected chi connectivity index (χ4v) is 2.83. The number of hydrogen-bond donors (Lipinski definition) is 1. The Hall–Kier alpha value is -3.17. The fraction of sp³-hybridized carbons (Fsp3) is 0.294. The predicted octanol–water partition coefficient (Wildman–Crippen LogP) is 1.39. The zero-order valence-electron chi connectivity index (χ0n) is 14.0. The van der Waals surface area contributed by atoms with Crippen LogP contribution in [0.1, 0.15) is 26.4 Å². The topological polar surface area (TPSA) is 86.4 Å². The Labute approximate surface area is 151 Å². The number of carbonyl (C=O) groups is 2. The summed E-state index contributed by atoms with van der Waals surface area (Å²) in [5, 5.41) is 5.82. The van der Waals surface area contributed by atoms with Crippen molar-refractivity contribution in [2.75, 3.05) is 26.2 Å². The second-order valence-electron chi connectivity index (χ2n) is 5.93. The van der Waals surface area contributed by atoms with Gasteiger partial charge in [-0.3, -0.25) is 14.4 Å². The Bertz CT molecular complexity index is 898. The molecule has 10 heteroatoms. The first kappa shape index (κ1) is 18.6. The van der Waals surface area contributed by atoms with Crippen molar-refractivity contribution in [1.29, 1.82) is 0 Å². The molecule has 0 aliphatic carbocycles. The number of benzene rings is 1. The molecule has 0 radical (unpaired) electrons. The van der Waals surface area contributed by atoms with Crippen LogP contribution in [-0.2, 0) is 6.18 Å². The van der Waals surface area contributed by atoms with Gasteiger partial charge in [0.2, 0.25) is 0 Å². The number of alkyl halides is 3. The maximum Gasteiger partial charge on any atom is 0.417 e. The van der Waals surface area contributed by atoms with E-state index in [2.05, 4.69) is 10.2 Å². The van der Waals surface area contributed by atoms with Gasteiger partial charge in [-0.25, -0.2) is 5.10 Å². The lowest BCUT2D eigenvalue weighted by Crippen LogP contribution is -2.51. The lowest BCUT2D eigenvalue weighted by atomic mass is 10.1. The maximum absolute atomic E-state index is 13.1. The molecule has 1 fully saturated rings. The highest BCUT2D eigenvalue weighted by Crippen LogP contribution is 2.32. The summed E-state index contributed by atoms with van der Waals surface area (Å²) in [5.41, 5.74) is -1.78. The van der Waals surface area contributed by atoms with Crippen LogP contribution in [-0.4, -0.2) is 58.0 Å². The van der Waals surface area contributed by atoms with Crippen molar-refractivity contribution in [3.8, 4) is 0 Å². The van der Waals surface area contributed by atoms with Crippen LogP contribution < -0.4 is 5.56 Å². The van der Waals surface area contributed by atoms with Crippen LogP contribution >= 0.6 is 0 Å². The van der Waals surface area contributed by atoms with Gasteiger partial charge in [0, 0.05) is 32.2 Å². The highest BCUT2D eigenvalue weighted by atomic mass is 19.4. The molecule has 1 N–H and O–H groups in total. The number of hydrogen-bond acceptors (Lipinski definition) is 4. The first-order valence-electron chi connectivity index (χ1n) is 8.08. The minimum absolute atomic E-state index is 0.0526. The standard InChI is InChI=1S/C17H15F3N4O3/c18-17(19,20)12-4-2-1-3-11(12)15(26)23-7-9-24(10-8-23)16(27)13-5-6-14(25)22-21-13/h1-6H,7-10H2,(H,22,25). The zero-order valence-corrected chi connectivity index (χ0v) is 14.0. The van der Waals surface area contributed by atoms with E-state index in [4.69, 9.17) is 0 Å². The monoisotopic (exact) mass is 380 g/mol.